The first-order valence-electron chi connectivity index (χ1n) is 8.13. The number of nitrogens with zero attached hydrogens (tertiary/aromatic N) is 1. The molecule has 4 heteroatoms. The average Bonchev–Trinajstić information content (AvgIpc) is 2.54. The van der Waals surface area contributed by atoms with Crippen LogP contribution in [-0.2, 0) is 17.9 Å². The fourth-order valence-corrected chi connectivity index (χ4v) is 2.71. The first-order valence-corrected chi connectivity index (χ1v) is 8.13. The van der Waals surface area contributed by atoms with Crippen LogP contribution in [0.4, 0.5) is 0 Å². The van der Waals surface area contributed by atoms with E-state index < -0.39 is 0 Å². The van der Waals surface area contributed by atoms with E-state index >= 15 is 0 Å². The molecule has 0 aliphatic heterocycles. The van der Waals surface area contributed by atoms with Crippen molar-refractivity contribution in [3.05, 3.63) is 64.7 Å². The smallest absolute Gasteiger partial charge is 0.234 e. The fourth-order valence-electron chi connectivity index (χ4n) is 2.71. The molecule has 0 aromatic heterocycles. The monoisotopic (exact) mass is 326 g/mol. The molecule has 2 aromatic rings. The lowest BCUT2D eigenvalue weighted by Gasteiger charge is -2.17. The fraction of sp³-hybridized carbons (Fsp3) is 0.350. The van der Waals surface area contributed by atoms with Gasteiger partial charge in [0.2, 0.25) is 5.91 Å². The molecule has 2 rings (SSSR count). The Morgan fingerprint density at radius 2 is 1.88 bits per heavy atom. The lowest BCUT2D eigenvalue weighted by molar-refractivity contribution is -0.122. The maximum atomic E-state index is 12.1. The van der Waals surface area contributed by atoms with Crippen LogP contribution in [0.25, 0.3) is 0 Å². The van der Waals surface area contributed by atoms with Crippen molar-refractivity contribution in [1.82, 2.24) is 10.2 Å². The third kappa shape index (κ3) is 5.10. The van der Waals surface area contributed by atoms with Gasteiger partial charge in [0.05, 0.1) is 13.7 Å². The van der Waals surface area contributed by atoms with Crippen molar-refractivity contribution in [1.29, 1.82) is 0 Å². The predicted octanol–water partition coefficient (Wildman–Crippen LogP) is 3.06. The second-order valence-corrected chi connectivity index (χ2v) is 6.18. The standard InChI is InChI=1S/C20H26N2O2/c1-15-7-5-6-8-18(15)12-21-20(23)14-22(3)13-17-9-10-19(24-4)16(2)11-17/h5-11H,12-14H2,1-4H3,(H,21,23). The molecule has 0 saturated carbocycles. The third-order valence-electron chi connectivity index (χ3n) is 4.06. The molecule has 1 amide bonds. The van der Waals surface area contributed by atoms with E-state index in [9.17, 15) is 4.79 Å². The molecule has 0 saturated heterocycles. The van der Waals surface area contributed by atoms with Gasteiger partial charge in [-0.05, 0) is 49.2 Å². The highest BCUT2D eigenvalue weighted by atomic mass is 16.5. The molecule has 4 nitrogen and oxygen atoms in total. The number of carbonyl (C=O) groups is 1. The van der Waals surface area contributed by atoms with Gasteiger partial charge >= 0.3 is 0 Å². The number of aryl methyl sites for hydroxylation is 2. The Labute approximate surface area is 144 Å². The molecule has 0 bridgehead atoms. The summed E-state index contributed by atoms with van der Waals surface area (Å²) in [6, 6.07) is 14.2. The Bertz CT molecular complexity index is 698. The van der Waals surface area contributed by atoms with Crippen molar-refractivity contribution in [2.75, 3.05) is 20.7 Å². The van der Waals surface area contributed by atoms with Crippen LogP contribution < -0.4 is 10.1 Å². The zero-order valence-corrected chi connectivity index (χ0v) is 14.9. The number of rotatable bonds is 7. The third-order valence-corrected chi connectivity index (χ3v) is 4.06. The van der Waals surface area contributed by atoms with Crippen molar-refractivity contribution >= 4 is 5.91 Å². The maximum Gasteiger partial charge on any atom is 0.234 e. The van der Waals surface area contributed by atoms with Crippen LogP contribution in [-0.4, -0.2) is 31.5 Å². The SMILES string of the molecule is COc1ccc(CN(C)CC(=O)NCc2ccccc2C)cc1C. The van der Waals surface area contributed by atoms with E-state index in [1.807, 2.05) is 49.2 Å². The minimum Gasteiger partial charge on any atom is -0.496 e. The van der Waals surface area contributed by atoms with Gasteiger partial charge in [0, 0.05) is 13.1 Å². The van der Waals surface area contributed by atoms with Crippen LogP contribution in [0.15, 0.2) is 42.5 Å². The summed E-state index contributed by atoms with van der Waals surface area (Å²) < 4.78 is 5.28. The second-order valence-electron chi connectivity index (χ2n) is 6.18. The van der Waals surface area contributed by atoms with Crippen LogP contribution in [0.2, 0.25) is 0 Å². The van der Waals surface area contributed by atoms with Gasteiger partial charge in [-0.25, -0.2) is 0 Å². The first-order chi connectivity index (χ1) is 11.5. The molecule has 0 radical (unpaired) electrons. The summed E-state index contributed by atoms with van der Waals surface area (Å²) in [5.41, 5.74) is 4.62. The summed E-state index contributed by atoms with van der Waals surface area (Å²) in [5.74, 6) is 0.920. The van der Waals surface area contributed by atoms with Gasteiger partial charge in [0.15, 0.2) is 0 Å². The molecule has 0 atom stereocenters. The number of hydrogen-bond donors (Lipinski definition) is 1. The lowest BCUT2D eigenvalue weighted by Crippen LogP contribution is -2.34. The lowest BCUT2D eigenvalue weighted by atomic mass is 10.1. The number of carbonyl (C=O) groups excluding carboxylic acids is 1. The Kier molecular flexibility index (Phi) is 6.38. The minimum absolute atomic E-state index is 0.0333. The number of methoxy groups -OCH3 is 1. The highest BCUT2D eigenvalue weighted by Crippen LogP contribution is 2.19. The second kappa shape index (κ2) is 8.50. The van der Waals surface area contributed by atoms with E-state index in [-0.39, 0.29) is 5.91 Å². The summed E-state index contributed by atoms with van der Waals surface area (Å²) in [6.07, 6.45) is 0. The van der Waals surface area contributed by atoms with Gasteiger partial charge in [0.25, 0.3) is 0 Å². The molecule has 0 aliphatic rings. The molecule has 1 N–H and O–H groups in total. The quantitative estimate of drug-likeness (QED) is 0.850. The summed E-state index contributed by atoms with van der Waals surface area (Å²) in [5, 5.41) is 2.99. The zero-order chi connectivity index (χ0) is 17.5. The van der Waals surface area contributed by atoms with Crippen molar-refractivity contribution in [2.45, 2.75) is 26.9 Å². The predicted molar refractivity (Wildman–Crippen MR) is 97.1 cm³/mol. The van der Waals surface area contributed by atoms with Crippen LogP contribution in [0.1, 0.15) is 22.3 Å². The van der Waals surface area contributed by atoms with E-state index in [0.29, 0.717) is 13.1 Å². The number of nitrogens with one attached hydrogen (secondary N) is 1. The molecular formula is C20H26N2O2. The van der Waals surface area contributed by atoms with Gasteiger partial charge in [-0.2, -0.15) is 0 Å². The zero-order valence-electron chi connectivity index (χ0n) is 14.9. The van der Waals surface area contributed by atoms with Gasteiger partial charge < -0.3 is 10.1 Å². The van der Waals surface area contributed by atoms with Crippen molar-refractivity contribution < 1.29 is 9.53 Å². The molecular weight excluding hydrogens is 300 g/mol. The molecule has 0 aliphatic carbocycles. The Morgan fingerprint density at radius 1 is 1.12 bits per heavy atom. The Hall–Kier alpha value is -2.33. The number of hydrogen-bond acceptors (Lipinski definition) is 3. The number of benzene rings is 2. The molecule has 128 valence electrons. The topological polar surface area (TPSA) is 41.6 Å². The summed E-state index contributed by atoms with van der Waals surface area (Å²) >= 11 is 0. The van der Waals surface area contributed by atoms with E-state index in [1.165, 1.54) is 11.1 Å². The number of ether oxygens (including phenoxy) is 1. The van der Waals surface area contributed by atoms with Crippen LogP contribution in [0.5, 0.6) is 5.75 Å². The largest absolute Gasteiger partial charge is 0.496 e. The van der Waals surface area contributed by atoms with Gasteiger partial charge in [-0.1, -0.05) is 36.4 Å². The highest BCUT2D eigenvalue weighted by Gasteiger charge is 2.08. The minimum atomic E-state index is 0.0333. The van der Waals surface area contributed by atoms with E-state index in [1.54, 1.807) is 7.11 Å². The van der Waals surface area contributed by atoms with Crippen molar-refractivity contribution in [2.24, 2.45) is 0 Å². The first kappa shape index (κ1) is 18.0. The number of likely N-dealkylation sites (N-methyl/N-ethyl adjacent to an activating group) is 1. The van der Waals surface area contributed by atoms with Crippen molar-refractivity contribution in [3.8, 4) is 5.75 Å². The normalized spacial score (nSPS) is 10.7. The molecule has 0 heterocycles. The summed E-state index contributed by atoms with van der Waals surface area (Å²) in [6.45, 7) is 5.75. The highest BCUT2D eigenvalue weighted by molar-refractivity contribution is 5.78. The Balaban J connectivity index is 1.83. The van der Waals surface area contributed by atoms with Gasteiger partial charge in [-0.3, -0.25) is 9.69 Å². The van der Waals surface area contributed by atoms with Crippen molar-refractivity contribution in [3.63, 3.8) is 0 Å². The van der Waals surface area contributed by atoms with Crippen LogP contribution >= 0.6 is 0 Å². The molecule has 24 heavy (non-hydrogen) atoms. The maximum absolute atomic E-state index is 12.1. The summed E-state index contributed by atoms with van der Waals surface area (Å²) in [7, 11) is 3.62. The van der Waals surface area contributed by atoms with E-state index in [0.717, 1.165) is 23.4 Å². The molecule has 0 spiro atoms. The average molecular weight is 326 g/mol. The van der Waals surface area contributed by atoms with E-state index in [4.69, 9.17) is 4.74 Å². The molecule has 0 fully saturated rings. The summed E-state index contributed by atoms with van der Waals surface area (Å²) in [4.78, 5) is 14.1. The van der Waals surface area contributed by atoms with Crippen LogP contribution in [0, 0.1) is 13.8 Å². The van der Waals surface area contributed by atoms with Gasteiger partial charge in [0.1, 0.15) is 5.75 Å². The molecule has 0 unspecified atom stereocenters. The van der Waals surface area contributed by atoms with Crippen LogP contribution in [0.3, 0.4) is 0 Å². The Morgan fingerprint density at radius 3 is 2.54 bits per heavy atom. The van der Waals surface area contributed by atoms with Gasteiger partial charge in [-0.15, -0.1) is 0 Å². The number of amides is 1. The van der Waals surface area contributed by atoms with E-state index in [2.05, 4.69) is 24.4 Å². The molecule has 2 aromatic carbocycles.